The monoisotopic (exact) mass is 766 g/mol. The van der Waals surface area contributed by atoms with E-state index in [-0.39, 0.29) is 24.6 Å². The molecule has 0 aromatic heterocycles. The molecule has 0 bridgehead atoms. The summed E-state index contributed by atoms with van der Waals surface area (Å²) in [6.07, 6.45) is 39.7. The van der Waals surface area contributed by atoms with E-state index in [0.717, 1.165) is 96.7 Å². The van der Waals surface area contributed by atoms with Crippen molar-refractivity contribution in [3.05, 3.63) is 0 Å². The van der Waals surface area contributed by atoms with Gasteiger partial charge in [-0.05, 0) is 104 Å². The van der Waals surface area contributed by atoms with E-state index in [1.807, 2.05) is 0 Å². The third-order valence-corrected chi connectivity index (χ3v) is 11.4. The van der Waals surface area contributed by atoms with Gasteiger partial charge in [-0.25, -0.2) is 0 Å². The molecule has 0 saturated carbocycles. The lowest BCUT2D eigenvalue weighted by Gasteiger charge is -2.27. The number of carbonyl (C=O) groups is 2. The van der Waals surface area contributed by atoms with Crippen molar-refractivity contribution < 1.29 is 24.2 Å². The Labute approximate surface area is 337 Å². The maximum Gasteiger partial charge on any atom is 0.311 e. The van der Waals surface area contributed by atoms with Crippen molar-refractivity contribution in [3.8, 4) is 0 Å². The molecule has 6 nitrogen and oxygen atoms in total. The van der Waals surface area contributed by atoms with E-state index in [9.17, 15) is 14.7 Å². The summed E-state index contributed by atoms with van der Waals surface area (Å²) in [4.78, 5) is 28.1. The van der Waals surface area contributed by atoms with Gasteiger partial charge in [0, 0.05) is 13.0 Å². The van der Waals surface area contributed by atoms with E-state index < -0.39 is 5.41 Å². The zero-order valence-corrected chi connectivity index (χ0v) is 37.2. The summed E-state index contributed by atoms with van der Waals surface area (Å²) in [7, 11) is 0. The number of aliphatic hydroxyl groups excluding tert-OH is 1. The van der Waals surface area contributed by atoms with Crippen LogP contribution in [-0.2, 0) is 19.1 Å². The van der Waals surface area contributed by atoms with Gasteiger partial charge in [0.05, 0.1) is 12.0 Å². The number of ether oxygens (including phenoxy) is 2. The predicted molar refractivity (Wildman–Crippen MR) is 232 cm³/mol. The van der Waals surface area contributed by atoms with Crippen LogP contribution in [0.25, 0.3) is 0 Å². The highest BCUT2D eigenvalue weighted by atomic mass is 16.5. The van der Waals surface area contributed by atoms with Crippen LogP contribution in [-0.4, -0.2) is 60.9 Å². The van der Waals surface area contributed by atoms with E-state index in [4.69, 9.17) is 9.47 Å². The number of esters is 2. The smallest absolute Gasteiger partial charge is 0.311 e. The number of carbonyl (C=O) groups excluding carboxylic acids is 2. The van der Waals surface area contributed by atoms with Gasteiger partial charge in [0.15, 0.2) is 0 Å². The lowest BCUT2D eigenvalue weighted by molar-refractivity contribution is -0.161. The molecule has 0 spiro atoms. The standard InChI is InChI=1S/C48H95NO5/c1-6-9-12-15-18-19-26-35-44-53-46(51)38-29-22-24-31-40-49(42-33-34-43-50)41-32-25-23-30-39-48(4,5)47(52)54-45(36-27-20-16-13-10-7-2)37-28-21-17-14-11-8-3/h45,50H,6-44H2,1-5H3. The minimum atomic E-state index is -0.430. The van der Waals surface area contributed by atoms with Crippen molar-refractivity contribution in [2.45, 2.75) is 259 Å². The summed E-state index contributed by atoms with van der Waals surface area (Å²) >= 11 is 0. The molecule has 0 aliphatic carbocycles. The fourth-order valence-corrected chi connectivity index (χ4v) is 7.47. The molecule has 0 heterocycles. The number of rotatable bonds is 43. The van der Waals surface area contributed by atoms with Gasteiger partial charge in [-0.15, -0.1) is 0 Å². The van der Waals surface area contributed by atoms with Crippen molar-refractivity contribution >= 4 is 11.9 Å². The first-order valence-electron chi connectivity index (χ1n) is 24.0. The van der Waals surface area contributed by atoms with Crippen molar-refractivity contribution in [1.82, 2.24) is 4.90 Å². The third kappa shape index (κ3) is 35.3. The molecule has 0 atom stereocenters. The molecule has 0 aromatic rings. The second kappa shape index (κ2) is 40.1. The molecule has 0 radical (unpaired) electrons. The number of hydrogen-bond acceptors (Lipinski definition) is 6. The zero-order chi connectivity index (χ0) is 39.8. The van der Waals surface area contributed by atoms with Crippen LogP contribution in [0.4, 0.5) is 0 Å². The first-order valence-corrected chi connectivity index (χ1v) is 24.0. The summed E-state index contributed by atoms with van der Waals surface area (Å²) in [5.41, 5.74) is -0.430. The van der Waals surface area contributed by atoms with E-state index >= 15 is 0 Å². The van der Waals surface area contributed by atoms with Crippen LogP contribution >= 0.6 is 0 Å². The highest BCUT2D eigenvalue weighted by Gasteiger charge is 2.30. The Balaban J connectivity index is 4.34. The summed E-state index contributed by atoms with van der Waals surface area (Å²) in [5.74, 6) is -0.0183. The van der Waals surface area contributed by atoms with Crippen molar-refractivity contribution in [3.63, 3.8) is 0 Å². The Morgan fingerprint density at radius 3 is 1.43 bits per heavy atom. The first-order chi connectivity index (χ1) is 26.3. The van der Waals surface area contributed by atoms with Gasteiger partial charge >= 0.3 is 11.9 Å². The molecule has 0 amide bonds. The molecule has 0 aromatic carbocycles. The Morgan fingerprint density at radius 2 is 0.926 bits per heavy atom. The van der Waals surface area contributed by atoms with E-state index in [1.54, 1.807) is 0 Å². The molecule has 54 heavy (non-hydrogen) atoms. The van der Waals surface area contributed by atoms with Crippen LogP contribution in [0.5, 0.6) is 0 Å². The molecule has 0 unspecified atom stereocenters. The second-order valence-electron chi connectivity index (χ2n) is 17.3. The summed E-state index contributed by atoms with van der Waals surface area (Å²) < 4.78 is 11.7. The first kappa shape index (κ1) is 52.9. The van der Waals surface area contributed by atoms with Crippen LogP contribution < -0.4 is 0 Å². The van der Waals surface area contributed by atoms with Gasteiger partial charge < -0.3 is 19.5 Å². The molecule has 322 valence electrons. The molecular weight excluding hydrogens is 671 g/mol. The maximum absolute atomic E-state index is 13.4. The van der Waals surface area contributed by atoms with E-state index in [2.05, 4.69) is 39.5 Å². The highest BCUT2D eigenvalue weighted by molar-refractivity contribution is 5.76. The minimum Gasteiger partial charge on any atom is -0.466 e. The number of hydrogen-bond donors (Lipinski definition) is 1. The lowest BCUT2D eigenvalue weighted by atomic mass is 9.86. The number of aliphatic hydroxyl groups is 1. The van der Waals surface area contributed by atoms with Gasteiger partial charge in [-0.2, -0.15) is 0 Å². The lowest BCUT2D eigenvalue weighted by Crippen LogP contribution is -2.31. The van der Waals surface area contributed by atoms with Crippen LogP contribution in [0.2, 0.25) is 0 Å². The third-order valence-electron chi connectivity index (χ3n) is 11.4. The van der Waals surface area contributed by atoms with Crippen LogP contribution in [0, 0.1) is 5.41 Å². The Morgan fingerprint density at radius 1 is 0.519 bits per heavy atom. The van der Waals surface area contributed by atoms with E-state index in [0.29, 0.717) is 13.0 Å². The van der Waals surface area contributed by atoms with Gasteiger partial charge in [0.2, 0.25) is 0 Å². The normalized spacial score (nSPS) is 11.9. The average Bonchev–Trinajstić information content (AvgIpc) is 3.15. The quantitative estimate of drug-likeness (QED) is 0.0492. The zero-order valence-electron chi connectivity index (χ0n) is 37.2. The molecule has 0 aliphatic rings. The van der Waals surface area contributed by atoms with Crippen molar-refractivity contribution in [2.24, 2.45) is 5.41 Å². The van der Waals surface area contributed by atoms with Crippen molar-refractivity contribution in [1.29, 1.82) is 0 Å². The largest absolute Gasteiger partial charge is 0.466 e. The van der Waals surface area contributed by atoms with Gasteiger partial charge in [0.25, 0.3) is 0 Å². The maximum atomic E-state index is 13.4. The molecule has 0 fully saturated rings. The Bertz CT molecular complexity index is 786. The molecule has 0 aliphatic heterocycles. The SMILES string of the molecule is CCCCCCCCCCOC(=O)CCCCCCN(CCCCO)CCCCCCC(C)(C)C(=O)OC(CCCCCCCC)CCCCCCCC. The van der Waals surface area contributed by atoms with Gasteiger partial charge in [-0.1, -0.05) is 162 Å². The molecule has 0 saturated heterocycles. The second-order valence-corrected chi connectivity index (χ2v) is 17.3. The predicted octanol–water partition coefficient (Wildman–Crippen LogP) is 14.1. The minimum absolute atomic E-state index is 0.00946. The average molecular weight is 766 g/mol. The fourth-order valence-electron chi connectivity index (χ4n) is 7.47. The Hall–Kier alpha value is -1.14. The van der Waals surface area contributed by atoms with E-state index in [1.165, 1.54) is 135 Å². The van der Waals surface area contributed by atoms with Crippen LogP contribution in [0.1, 0.15) is 253 Å². The molecule has 1 N–H and O–H groups in total. The summed E-state index contributed by atoms with van der Waals surface area (Å²) in [6, 6.07) is 0. The molecule has 6 heteroatoms. The highest BCUT2D eigenvalue weighted by Crippen LogP contribution is 2.28. The van der Waals surface area contributed by atoms with Crippen LogP contribution in [0.15, 0.2) is 0 Å². The fraction of sp³-hybridized carbons (Fsp3) is 0.958. The number of unbranched alkanes of at least 4 members (excludes halogenated alkanes) is 24. The summed E-state index contributed by atoms with van der Waals surface area (Å²) in [5, 5.41) is 9.31. The van der Waals surface area contributed by atoms with Crippen LogP contribution in [0.3, 0.4) is 0 Å². The Kier molecular flexibility index (Phi) is 39.2. The van der Waals surface area contributed by atoms with Gasteiger partial charge in [0.1, 0.15) is 6.10 Å². The summed E-state index contributed by atoms with van der Waals surface area (Å²) in [6.45, 7) is 15.0. The molecular formula is C48H95NO5. The van der Waals surface area contributed by atoms with Gasteiger partial charge in [-0.3, -0.25) is 9.59 Å². The topological polar surface area (TPSA) is 76.1 Å². The molecule has 0 rings (SSSR count). The van der Waals surface area contributed by atoms with Crippen molar-refractivity contribution in [2.75, 3.05) is 32.8 Å². The number of nitrogens with zero attached hydrogens (tertiary/aromatic N) is 1.